The van der Waals surface area contributed by atoms with Crippen molar-refractivity contribution in [1.82, 2.24) is 4.98 Å². The Morgan fingerprint density at radius 2 is 2.47 bits per heavy atom. The monoisotopic (exact) mass is 229 g/mol. The van der Waals surface area contributed by atoms with Gasteiger partial charge in [0.1, 0.15) is 5.82 Å². The van der Waals surface area contributed by atoms with Gasteiger partial charge in [0.25, 0.3) is 0 Å². The van der Waals surface area contributed by atoms with Gasteiger partial charge < -0.3 is 9.64 Å². The van der Waals surface area contributed by atoms with Crippen LogP contribution in [-0.2, 0) is 4.74 Å². The average molecular weight is 229 g/mol. The molecule has 0 radical (unpaired) electrons. The maximum Gasteiger partial charge on any atom is 0.130 e. The van der Waals surface area contributed by atoms with Gasteiger partial charge in [-0.1, -0.05) is 6.08 Å². The van der Waals surface area contributed by atoms with E-state index in [0.29, 0.717) is 12.2 Å². The molecule has 2 rings (SSSR count). The smallest absolute Gasteiger partial charge is 0.130 e. The number of nitrogens with zero attached hydrogens (tertiary/aromatic N) is 3. The molecule has 0 aromatic carbocycles. The molecule has 4 nitrogen and oxygen atoms in total. The second-order valence-electron chi connectivity index (χ2n) is 4.01. The van der Waals surface area contributed by atoms with E-state index < -0.39 is 0 Å². The van der Waals surface area contributed by atoms with Crippen LogP contribution in [0.3, 0.4) is 0 Å². The number of hydrogen-bond acceptors (Lipinski definition) is 4. The fourth-order valence-electron chi connectivity index (χ4n) is 1.90. The highest BCUT2D eigenvalue weighted by Gasteiger charge is 2.13. The van der Waals surface area contributed by atoms with Crippen LogP contribution in [-0.4, -0.2) is 31.8 Å². The minimum Gasteiger partial charge on any atom is -0.380 e. The van der Waals surface area contributed by atoms with Crippen LogP contribution >= 0.6 is 0 Å². The minimum atomic E-state index is 0.654. The van der Waals surface area contributed by atoms with E-state index in [1.165, 1.54) is 5.57 Å². The first-order valence-corrected chi connectivity index (χ1v) is 5.61. The van der Waals surface area contributed by atoms with Crippen LogP contribution in [0.5, 0.6) is 0 Å². The maximum absolute atomic E-state index is 8.85. The lowest BCUT2D eigenvalue weighted by Gasteiger charge is -2.27. The summed E-state index contributed by atoms with van der Waals surface area (Å²) in [5, 5.41) is 8.85. The van der Waals surface area contributed by atoms with Crippen molar-refractivity contribution >= 4 is 5.82 Å². The van der Waals surface area contributed by atoms with Crippen molar-refractivity contribution < 1.29 is 4.74 Å². The highest BCUT2D eigenvalue weighted by atomic mass is 16.5. The van der Waals surface area contributed by atoms with Gasteiger partial charge in [0, 0.05) is 26.4 Å². The standard InChI is InChI=1S/C13H15N3O/c1-17-10-11-3-6-16(7-4-11)13-8-12(9-14)2-5-15-13/h2-3,5,8H,4,6-7,10H2,1H3. The number of hydrogen-bond donors (Lipinski definition) is 0. The summed E-state index contributed by atoms with van der Waals surface area (Å²) in [7, 11) is 1.71. The third-order valence-corrected chi connectivity index (χ3v) is 2.83. The Kier molecular flexibility index (Phi) is 3.73. The summed E-state index contributed by atoms with van der Waals surface area (Å²) in [6, 6.07) is 5.68. The van der Waals surface area contributed by atoms with E-state index in [1.54, 1.807) is 19.4 Å². The lowest BCUT2D eigenvalue weighted by molar-refractivity contribution is 0.222. The Balaban J connectivity index is 2.08. The fourth-order valence-corrected chi connectivity index (χ4v) is 1.90. The van der Waals surface area contributed by atoms with Crippen molar-refractivity contribution in [3.05, 3.63) is 35.5 Å². The number of aromatic nitrogens is 1. The van der Waals surface area contributed by atoms with Crippen molar-refractivity contribution in [2.45, 2.75) is 6.42 Å². The lowest BCUT2D eigenvalue weighted by atomic mass is 10.1. The van der Waals surface area contributed by atoms with E-state index in [-0.39, 0.29) is 0 Å². The topological polar surface area (TPSA) is 49.1 Å². The van der Waals surface area contributed by atoms with Crippen LogP contribution < -0.4 is 4.90 Å². The predicted octanol–water partition coefficient (Wildman–Crippen LogP) is 1.74. The summed E-state index contributed by atoms with van der Waals surface area (Å²) >= 11 is 0. The van der Waals surface area contributed by atoms with Gasteiger partial charge in [0.05, 0.1) is 18.2 Å². The van der Waals surface area contributed by atoms with Crippen LogP contribution in [0, 0.1) is 11.3 Å². The SMILES string of the molecule is COCC1=CCN(c2cc(C#N)ccn2)CC1. The minimum absolute atomic E-state index is 0.654. The van der Waals surface area contributed by atoms with E-state index in [0.717, 1.165) is 25.3 Å². The second-order valence-corrected chi connectivity index (χ2v) is 4.01. The van der Waals surface area contributed by atoms with Crippen LogP contribution in [0.15, 0.2) is 30.0 Å². The van der Waals surface area contributed by atoms with Crippen LogP contribution in [0.2, 0.25) is 0 Å². The number of ether oxygens (including phenoxy) is 1. The molecule has 0 bridgehead atoms. The third-order valence-electron chi connectivity index (χ3n) is 2.83. The Morgan fingerprint density at radius 1 is 1.59 bits per heavy atom. The average Bonchev–Trinajstić information content (AvgIpc) is 2.40. The van der Waals surface area contributed by atoms with Crippen molar-refractivity contribution in [2.24, 2.45) is 0 Å². The van der Waals surface area contributed by atoms with Crippen molar-refractivity contribution in [1.29, 1.82) is 5.26 Å². The first-order valence-electron chi connectivity index (χ1n) is 5.61. The first kappa shape index (κ1) is 11.6. The molecule has 88 valence electrons. The van der Waals surface area contributed by atoms with Gasteiger partial charge in [0.15, 0.2) is 0 Å². The summed E-state index contributed by atoms with van der Waals surface area (Å²) in [5.74, 6) is 0.872. The van der Waals surface area contributed by atoms with Crippen LogP contribution in [0.1, 0.15) is 12.0 Å². The van der Waals surface area contributed by atoms with Gasteiger partial charge >= 0.3 is 0 Å². The molecule has 0 spiro atoms. The van der Waals surface area contributed by atoms with Gasteiger partial charge in [0.2, 0.25) is 0 Å². The Morgan fingerprint density at radius 3 is 3.12 bits per heavy atom. The first-order chi connectivity index (χ1) is 8.33. The predicted molar refractivity (Wildman–Crippen MR) is 65.7 cm³/mol. The molecule has 17 heavy (non-hydrogen) atoms. The Hall–Kier alpha value is -1.86. The van der Waals surface area contributed by atoms with Gasteiger partial charge in [-0.3, -0.25) is 0 Å². The van der Waals surface area contributed by atoms with Crippen molar-refractivity contribution in [2.75, 3.05) is 31.7 Å². The van der Waals surface area contributed by atoms with Crippen molar-refractivity contribution in [3.63, 3.8) is 0 Å². The summed E-state index contributed by atoms with van der Waals surface area (Å²) < 4.78 is 5.11. The zero-order chi connectivity index (χ0) is 12.1. The zero-order valence-corrected chi connectivity index (χ0v) is 9.89. The summed E-state index contributed by atoms with van der Waals surface area (Å²) in [5.41, 5.74) is 1.99. The lowest BCUT2D eigenvalue weighted by Crippen LogP contribution is -2.30. The van der Waals surface area contributed by atoms with E-state index in [9.17, 15) is 0 Å². The molecule has 0 N–H and O–H groups in total. The van der Waals surface area contributed by atoms with Crippen LogP contribution in [0.25, 0.3) is 0 Å². The molecule has 0 atom stereocenters. The molecule has 1 aromatic heterocycles. The number of pyridine rings is 1. The van der Waals surface area contributed by atoms with Gasteiger partial charge in [-0.2, -0.15) is 5.26 Å². The van der Waals surface area contributed by atoms with Crippen molar-refractivity contribution in [3.8, 4) is 6.07 Å². The maximum atomic E-state index is 8.85. The number of rotatable bonds is 3. The normalized spacial score (nSPS) is 15.3. The molecule has 0 unspecified atom stereocenters. The largest absolute Gasteiger partial charge is 0.380 e. The molecule has 1 aromatic rings. The quantitative estimate of drug-likeness (QED) is 0.741. The summed E-state index contributed by atoms with van der Waals surface area (Å²) in [4.78, 5) is 6.46. The molecule has 0 saturated heterocycles. The molecular formula is C13H15N3O. The molecule has 4 heteroatoms. The molecule has 1 aliphatic heterocycles. The number of nitriles is 1. The highest BCUT2D eigenvalue weighted by molar-refractivity contribution is 5.46. The van der Waals surface area contributed by atoms with E-state index >= 15 is 0 Å². The fraction of sp³-hybridized carbons (Fsp3) is 0.385. The zero-order valence-electron chi connectivity index (χ0n) is 9.89. The van der Waals surface area contributed by atoms with Gasteiger partial charge in [-0.05, 0) is 24.1 Å². The molecule has 1 aliphatic rings. The molecule has 2 heterocycles. The second kappa shape index (κ2) is 5.46. The number of methoxy groups -OCH3 is 1. The Labute approximate surface area is 101 Å². The third kappa shape index (κ3) is 2.83. The molecule has 0 amide bonds. The summed E-state index contributed by atoms with van der Waals surface area (Å²) in [6.07, 6.45) is 4.85. The van der Waals surface area contributed by atoms with E-state index in [2.05, 4.69) is 22.0 Å². The highest BCUT2D eigenvalue weighted by Crippen LogP contribution is 2.18. The molecule has 0 fully saturated rings. The van der Waals surface area contributed by atoms with Gasteiger partial charge in [-0.15, -0.1) is 0 Å². The van der Waals surface area contributed by atoms with E-state index in [4.69, 9.17) is 10.00 Å². The van der Waals surface area contributed by atoms with E-state index in [1.807, 2.05) is 6.07 Å². The Bertz CT molecular complexity index is 462. The number of anilines is 1. The summed E-state index contributed by atoms with van der Waals surface area (Å²) in [6.45, 7) is 2.47. The molecular weight excluding hydrogens is 214 g/mol. The van der Waals surface area contributed by atoms with Crippen LogP contribution in [0.4, 0.5) is 5.82 Å². The molecule has 0 aliphatic carbocycles. The molecule has 0 saturated carbocycles. The van der Waals surface area contributed by atoms with Gasteiger partial charge in [-0.25, -0.2) is 4.98 Å².